The highest BCUT2D eigenvalue weighted by Crippen LogP contribution is 2.30. The Morgan fingerprint density at radius 1 is 0.889 bits per heavy atom. The van der Waals surface area contributed by atoms with Crippen molar-refractivity contribution < 1.29 is 34.8 Å². The molecule has 18 heavy (non-hydrogen) atoms. The molecule has 0 heterocycles. The topological polar surface area (TPSA) is 34.1 Å². The molecule has 0 atom stereocenters. The average Bonchev–Trinajstić information content (AvgIpc) is 2.14. The smallest absolute Gasteiger partial charge is 0.219 e. The van der Waals surface area contributed by atoms with Crippen LogP contribution in [-0.4, -0.2) is 13.9 Å². The number of hydrogen-bond acceptors (Lipinski definition) is 2. The Balaban J connectivity index is 2.96. The molecule has 0 fully saturated rings. The van der Waals surface area contributed by atoms with Crippen molar-refractivity contribution in [2.45, 2.75) is 17.4 Å². The highest BCUT2D eigenvalue weighted by atomic mass is 32.2. The Morgan fingerprint density at radius 2 is 1.33 bits per heavy atom. The maximum atomic E-state index is 12.1. The number of sulfone groups is 1. The lowest BCUT2D eigenvalue weighted by atomic mass is 10.1. The fourth-order valence-corrected chi connectivity index (χ4v) is 1.89. The van der Waals surface area contributed by atoms with Gasteiger partial charge < -0.3 is 0 Å². The SMILES string of the molecule is O=S(=O)(Cc1ccc(C(F)(F)F)cc1)C(F)(F)F. The van der Waals surface area contributed by atoms with Gasteiger partial charge in [0.1, 0.15) is 0 Å². The molecule has 0 bridgehead atoms. The Labute approximate surface area is 98.1 Å². The minimum absolute atomic E-state index is 0.361. The molecule has 2 nitrogen and oxygen atoms in total. The molecular weight excluding hydrogens is 286 g/mol. The third kappa shape index (κ3) is 3.37. The van der Waals surface area contributed by atoms with E-state index >= 15 is 0 Å². The second-order valence-electron chi connectivity index (χ2n) is 3.40. The number of alkyl halides is 6. The molecule has 9 heteroatoms. The number of rotatable bonds is 2. The van der Waals surface area contributed by atoms with Crippen molar-refractivity contribution in [3.8, 4) is 0 Å². The third-order valence-corrected chi connectivity index (χ3v) is 3.41. The fourth-order valence-electron chi connectivity index (χ4n) is 1.09. The standard InChI is InChI=1S/C9H6F6O2S/c10-8(11,12)7-3-1-6(2-4-7)5-18(16,17)9(13,14)15/h1-4H,5H2. The van der Waals surface area contributed by atoms with E-state index in [2.05, 4.69) is 0 Å². The Bertz CT molecular complexity index is 511. The molecule has 0 aliphatic carbocycles. The first-order valence-electron chi connectivity index (χ1n) is 4.38. The van der Waals surface area contributed by atoms with Gasteiger partial charge in [-0.1, -0.05) is 12.1 Å². The summed E-state index contributed by atoms with van der Waals surface area (Å²) < 4.78 is 94.0. The number of hydrogen-bond donors (Lipinski definition) is 0. The van der Waals surface area contributed by atoms with Crippen LogP contribution in [0.4, 0.5) is 26.3 Å². The molecule has 0 spiro atoms. The van der Waals surface area contributed by atoms with Gasteiger partial charge in [-0.2, -0.15) is 26.3 Å². The Hall–Kier alpha value is -1.25. The van der Waals surface area contributed by atoms with E-state index in [0.29, 0.717) is 24.3 Å². The van der Waals surface area contributed by atoms with E-state index in [1.165, 1.54) is 0 Å². The lowest BCUT2D eigenvalue weighted by Crippen LogP contribution is -2.24. The van der Waals surface area contributed by atoms with Crippen LogP contribution in [0, 0.1) is 0 Å². The van der Waals surface area contributed by atoms with E-state index in [4.69, 9.17) is 0 Å². The molecule has 0 aromatic heterocycles. The van der Waals surface area contributed by atoms with Gasteiger partial charge in [-0.3, -0.25) is 0 Å². The molecule has 0 aliphatic rings. The van der Waals surface area contributed by atoms with E-state index in [1.807, 2.05) is 0 Å². The van der Waals surface area contributed by atoms with Gasteiger partial charge in [-0.05, 0) is 17.7 Å². The molecule has 0 radical (unpaired) electrons. The molecule has 0 aliphatic heterocycles. The fraction of sp³-hybridized carbons (Fsp3) is 0.333. The van der Waals surface area contributed by atoms with Gasteiger partial charge in [0.05, 0.1) is 11.3 Å². The van der Waals surface area contributed by atoms with Crippen LogP contribution in [0.25, 0.3) is 0 Å². The number of benzene rings is 1. The second kappa shape index (κ2) is 4.45. The summed E-state index contributed by atoms with van der Waals surface area (Å²) in [5.41, 5.74) is -6.84. The minimum atomic E-state index is -5.42. The highest BCUT2D eigenvalue weighted by molar-refractivity contribution is 7.91. The summed E-state index contributed by atoms with van der Waals surface area (Å²) in [6, 6.07) is 2.46. The monoisotopic (exact) mass is 292 g/mol. The van der Waals surface area contributed by atoms with Gasteiger partial charge in [-0.25, -0.2) is 8.42 Å². The summed E-state index contributed by atoms with van der Waals surface area (Å²) in [6.07, 6.45) is -4.62. The summed E-state index contributed by atoms with van der Waals surface area (Å²) in [5, 5.41) is 0. The third-order valence-electron chi connectivity index (χ3n) is 1.99. The van der Waals surface area contributed by atoms with Crippen LogP contribution in [0.3, 0.4) is 0 Å². The summed E-state index contributed by atoms with van der Waals surface area (Å²) in [7, 11) is -5.38. The van der Waals surface area contributed by atoms with Crippen molar-refractivity contribution >= 4 is 9.84 Å². The van der Waals surface area contributed by atoms with Crippen LogP contribution < -0.4 is 0 Å². The van der Waals surface area contributed by atoms with E-state index in [9.17, 15) is 34.8 Å². The Morgan fingerprint density at radius 3 is 1.67 bits per heavy atom. The molecule has 0 unspecified atom stereocenters. The quantitative estimate of drug-likeness (QED) is 0.785. The van der Waals surface area contributed by atoms with Crippen molar-refractivity contribution in [3.05, 3.63) is 35.4 Å². The molecular formula is C9H6F6O2S. The summed E-state index contributed by atoms with van der Waals surface area (Å²) in [5.74, 6) is -1.38. The lowest BCUT2D eigenvalue weighted by Gasteiger charge is -2.09. The normalized spacial score (nSPS) is 13.7. The van der Waals surface area contributed by atoms with Crippen molar-refractivity contribution in [1.29, 1.82) is 0 Å². The van der Waals surface area contributed by atoms with Gasteiger partial charge in [0.25, 0.3) is 9.84 Å². The van der Waals surface area contributed by atoms with Crippen molar-refractivity contribution in [3.63, 3.8) is 0 Å². The molecule has 0 saturated heterocycles. The predicted octanol–water partition coefficient (Wildman–Crippen LogP) is 3.14. The molecule has 1 aromatic carbocycles. The Kier molecular flexibility index (Phi) is 3.66. The van der Waals surface area contributed by atoms with Crippen molar-refractivity contribution in [1.82, 2.24) is 0 Å². The molecule has 1 rings (SSSR count). The zero-order valence-corrected chi connectivity index (χ0v) is 9.33. The van der Waals surface area contributed by atoms with Gasteiger partial charge in [-0.15, -0.1) is 0 Å². The molecule has 102 valence electrons. The van der Waals surface area contributed by atoms with Gasteiger partial charge in [0.2, 0.25) is 0 Å². The molecule has 0 saturated carbocycles. The first-order chi connectivity index (χ1) is 7.93. The first kappa shape index (κ1) is 14.8. The van der Waals surface area contributed by atoms with E-state index in [0.717, 1.165) is 0 Å². The van der Waals surface area contributed by atoms with Crippen LogP contribution in [0.15, 0.2) is 24.3 Å². The van der Waals surface area contributed by atoms with Crippen molar-refractivity contribution in [2.75, 3.05) is 0 Å². The van der Waals surface area contributed by atoms with Crippen LogP contribution in [0.1, 0.15) is 11.1 Å². The van der Waals surface area contributed by atoms with E-state index in [1.54, 1.807) is 0 Å². The summed E-state index contributed by atoms with van der Waals surface area (Å²) in [6.45, 7) is 0. The summed E-state index contributed by atoms with van der Waals surface area (Å²) >= 11 is 0. The van der Waals surface area contributed by atoms with Crippen molar-refractivity contribution in [2.24, 2.45) is 0 Å². The first-order valence-corrected chi connectivity index (χ1v) is 6.04. The molecule has 0 N–H and O–H groups in total. The van der Waals surface area contributed by atoms with Crippen LogP contribution in [-0.2, 0) is 21.8 Å². The minimum Gasteiger partial charge on any atom is -0.219 e. The zero-order chi connectivity index (χ0) is 14.2. The highest BCUT2D eigenvalue weighted by Gasteiger charge is 2.45. The molecule has 0 amide bonds. The van der Waals surface area contributed by atoms with Gasteiger partial charge >= 0.3 is 11.7 Å². The van der Waals surface area contributed by atoms with Gasteiger partial charge in [0.15, 0.2) is 0 Å². The van der Waals surface area contributed by atoms with Crippen LogP contribution in [0.2, 0.25) is 0 Å². The lowest BCUT2D eigenvalue weighted by molar-refractivity contribution is -0.137. The number of halogens is 6. The summed E-state index contributed by atoms with van der Waals surface area (Å²) in [4.78, 5) is 0. The van der Waals surface area contributed by atoms with Crippen LogP contribution in [0.5, 0.6) is 0 Å². The molecule has 1 aromatic rings. The largest absolute Gasteiger partial charge is 0.497 e. The van der Waals surface area contributed by atoms with E-state index in [-0.39, 0.29) is 5.56 Å². The second-order valence-corrected chi connectivity index (χ2v) is 5.38. The zero-order valence-electron chi connectivity index (χ0n) is 8.51. The average molecular weight is 292 g/mol. The van der Waals surface area contributed by atoms with Gasteiger partial charge in [0, 0.05) is 0 Å². The maximum Gasteiger partial charge on any atom is 0.497 e. The van der Waals surface area contributed by atoms with Crippen LogP contribution >= 0.6 is 0 Å². The maximum absolute atomic E-state index is 12.1. The predicted molar refractivity (Wildman–Crippen MR) is 50.1 cm³/mol. The van der Waals surface area contributed by atoms with E-state index < -0.39 is 32.8 Å².